The van der Waals surface area contributed by atoms with Crippen molar-refractivity contribution in [2.45, 2.75) is 31.7 Å². The summed E-state index contributed by atoms with van der Waals surface area (Å²) in [7, 11) is -2.98. The molecule has 1 aromatic rings. The lowest BCUT2D eigenvalue weighted by atomic mass is 9.83. The Morgan fingerprint density at radius 3 is 2.40 bits per heavy atom. The normalized spacial score (nSPS) is 21.6. The topological polar surface area (TPSA) is 63.2 Å². The van der Waals surface area contributed by atoms with Crippen LogP contribution in [0.4, 0.5) is 0 Å². The molecule has 1 atom stereocenters. The number of hydrogen-bond acceptors (Lipinski definition) is 3. The molecule has 0 radical (unpaired) electrons. The summed E-state index contributed by atoms with van der Waals surface area (Å²) in [6, 6.07) is 7.32. The zero-order chi connectivity index (χ0) is 15.0. The molecule has 2 rings (SSSR count). The van der Waals surface area contributed by atoms with E-state index in [1.165, 1.54) is 0 Å². The molecule has 1 fully saturated rings. The van der Waals surface area contributed by atoms with Gasteiger partial charge in [-0.3, -0.25) is 4.79 Å². The van der Waals surface area contributed by atoms with Gasteiger partial charge in [0.05, 0.1) is 16.9 Å². The minimum atomic E-state index is -2.98. The average molecular weight is 360 g/mol. The van der Waals surface area contributed by atoms with Crippen LogP contribution in [0.15, 0.2) is 28.7 Å². The van der Waals surface area contributed by atoms with E-state index in [1.54, 1.807) is 0 Å². The number of rotatable bonds is 3. The van der Waals surface area contributed by atoms with Crippen molar-refractivity contribution in [2.24, 2.45) is 0 Å². The highest BCUT2D eigenvalue weighted by atomic mass is 79.9. The van der Waals surface area contributed by atoms with Crippen molar-refractivity contribution in [3.63, 3.8) is 0 Å². The Kier molecular flexibility index (Phi) is 4.25. The fraction of sp³-hybridized carbons (Fsp3) is 0.500. The molecule has 110 valence electrons. The van der Waals surface area contributed by atoms with E-state index in [0.29, 0.717) is 6.42 Å². The summed E-state index contributed by atoms with van der Waals surface area (Å²) in [5.41, 5.74) is 0.214. The molecule has 6 heteroatoms. The SMILES string of the molecule is CC(C)(C(=O)N[C@@H]1CCS(=O)(=O)C1)c1ccc(Br)cc1. The Hall–Kier alpha value is -0.880. The van der Waals surface area contributed by atoms with Crippen LogP contribution in [-0.4, -0.2) is 31.9 Å². The van der Waals surface area contributed by atoms with Crippen molar-refractivity contribution in [1.29, 1.82) is 0 Å². The standard InChI is InChI=1S/C14H18BrNO3S/c1-14(2,10-3-5-11(15)6-4-10)13(17)16-12-7-8-20(18,19)9-12/h3-6,12H,7-9H2,1-2H3,(H,16,17)/t12-/m1/s1. The van der Waals surface area contributed by atoms with Crippen molar-refractivity contribution >= 4 is 31.7 Å². The molecule has 1 N–H and O–H groups in total. The van der Waals surface area contributed by atoms with Crippen LogP contribution in [0.25, 0.3) is 0 Å². The number of halogens is 1. The zero-order valence-electron chi connectivity index (χ0n) is 11.5. The van der Waals surface area contributed by atoms with Crippen LogP contribution in [0.3, 0.4) is 0 Å². The average Bonchev–Trinajstić information content (AvgIpc) is 2.69. The fourth-order valence-corrected chi connectivity index (χ4v) is 4.21. The lowest BCUT2D eigenvalue weighted by molar-refractivity contribution is -0.126. The highest BCUT2D eigenvalue weighted by Crippen LogP contribution is 2.25. The first-order valence-corrected chi connectivity index (χ1v) is 9.09. The molecule has 0 aliphatic carbocycles. The molecule has 1 aliphatic rings. The lowest BCUT2D eigenvalue weighted by Crippen LogP contribution is -2.45. The second kappa shape index (κ2) is 5.48. The first-order chi connectivity index (χ1) is 9.21. The highest BCUT2D eigenvalue weighted by Gasteiger charge is 2.35. The van der Waals surface area contributed by atoms with Gasteiger partial charge in [-0.2, -0.15) is 0 Å². The lowest BCUT2D eigenvalue weighted by Gasteiger charge is -2.26. The number of carbonyl (C=O) groups is 1. The summed E-state index contributed by atoms with van der Waals surface area (Å²) < 4.78 is 23.8. The number of carbonyl (C=O) groups excluding carboxylic acids is 1. The highest BCUT2D eigenvalue weighted by molar-refractivity contribution is 9.10. The van der Waals surface area contributed by atoms with Crippen LogP contribution >= 0.6 is 15.9 Å². The minimum absolute atomic E-state index is 0.0508. The molecule has 1 amide bonds. The van der Waals surface area contributed by atoms with E-state index in [9.17, 15) is 13.2 Å². The zero-order valence-corrected chi connectivity index (χ0v) is 13.9. The van der Waals surface area contributed by atoms with E-state index in [4.69, 9.17) is 0 Å². The summed E-state index contributed by atoms with van der Waals surface area (Å²) in [4.78, 5) is 12.4. The quantitative estimate of drug-likeness (QED) is 0.897. The predicted octanol–water partition coefficient (Wildman–Crippen LogP) is 2.03. The molecule has 0 unspecified atom stereocenters. The molecule has 1 heterocycles. The van der Waals surface area contributed by atoms with Gasteiger partial charge in [-0.25, -0.2) is 8.42 Å². The number of amides is 1. The predicted molar refractivity (Wildman–Crippen MR) is 82.4 cm³/mol. The summed E-state index contributed by atoms with van der Waals surface area (Å²) in [5.74, 6) is 0.0770. The Morgan fingerprint density at radius 2 is 1.90 bits per heavy atom. The third kappa shape index (κ3) is 3.41. The summed E-state index contributed by atoms with van der Waals surface area (Å²) in [5, 5.41) is 2.86. The smallest absolute Gasteiger partial charge is 0.230 e. The Bertz CT molecular complexity index is 608. The second-order valence-electron chi connectivity index (χ2n) is 5.71. The van der Waals surface area contributed by atoms with Gasteiger partial charge in [0.2, 0.25) is 5.91 Å². The molecule has 4 nitrogen and oxygen atoms in total. The van der Waals surface area contributed by atoms with Gasteiger partial charge in [-0.15, -0.1) is 0 Å². The van der Waals surface area contributed by atoms with Gasteiger partial charge < -0.3 is 5.32 Å². The van der Waals surface area contributed by atoms with Crippen LogP contribution in [-0.2, 0) is 20.0 Å². The third-order valence-corrected chi connectivity index (χ3v) is 6.00. The van der Waals surface area contributed by atoms with E-state index >= 15 is 0 Å². The van der Waals surface area contributed by atoms with Gasteiger partial charge in [0.1, 0.15) is 0 Å². The molecule has 20 heavy (non-hydrogen) atoms. The maximum atomic E-state index is 12.4. The molecular weight excluding hydrogens is 342 g/mol. The van der Waals surface area contributed by atoms with Gasteiger partial charge in [0.15, 0.2) is 9.84 Å². The molecule has 0 aromatic heterocycles. The first-order valence-electron chi connectivity index (χ1n) is 6.48. The van der Waals surface area contributed by atoms with E-state index < -0.39 is 15.3 Å². The van der Waals surface area contributed by atoms with Crippen LogP contribution in [0.5, 0.6) is 0 Å². The number of nitrogens with one attached hydrogen (secondary N) is 1. The Morgan fingerprint density at radius 1 is 1.30 bits per heavy atom. The van der Waals surface area contributed by atoms with E-state index in [0.717, 1.165) is 10.0 Å². The van der Waals surface area contributed by atoms with Gasteiger partial charge in [-0.05, 0) is 38.0 Å². The van der Waals surface area contributed by atoms with Crippen LogP contribution in [0.1, 0.15) is 25.8 Å². The molecule has 1 aromatic carbocycles. The molecule has 1 saturated heterocycles. The number of hydrogen-bond donors (Lipinski definition) is 1. The summed E-state index contributed by atoms with van der Waals surface area (Å²) >= 11 is 3.37. The van der Waals surface area contributed by atoms with Gasteiger partial charge >= 0.3 is 0 Å². The van der Waals surface area contributed by atoms with Crippen LogP contribution in [0.2, 0.25) is 0 Å². The summed E-state index contributed by atoms with van der Waals surface area (Å²) in [6.45, 7) is 3.68. The van der Waals surface area contributed by atoms with Gasteiger partial charge in [0.25, 0.3) is 0 Å². The maximum absolute atomic E-state index is 12.4. The van der Waals surface area contributed by atoms with E-state index in [2.05, 4.69) is 21.2 Å². The van der Waals surface area contributed by atoms with Crippen molar-refractivity contribution in [3.8, 4) is 0 Å². The van der Waals surface area contributed by atoms with E-state index in [-0.39, 0.29) is 23.5 Å². The van der Waals surface area contributed by atoms with Gasteiger partial charge in [0, 0.05) is 10.5 Å². The second-order valence-corrected chi connectivity index (χ2v) is 8.85. The van der Waals surface area contributed by atoms with Crippen molar-refractivity contribution in [1.82, 2.24) is 5.32 Å². The molecule has 0 saturated carbocycles. The third-order valence-electron chi connectivity index (χ3n) is 3.70. The minimum Gasteiger partial charge on any atom is -0.352 e. The molecular formula is C14H18BrNO3S. The molecule has 0 bridgehead atoms. The first kappa shape index (κ1) is 15.5. The number of benzene rings is 1. The van der Waals surface area contributed by atoms with Crippen molar-refractivity contribution < 1.29 is 13.2 Å². The maximum Gasteiger partial charge on any atom is 0.230 e. The monoisotopic (exact) mass is 359 g/mol. The van der Waals surface area contributed by atoms with Crippen LogP contribution < -0.4 is 5.32 Å². The van der Waals surface area contributed by atoms with Crippen LogP contribution in [0, 0.1) is 0 Å². The van der Waals surface area contributed by atoms with Crippen molar-refractivity contribution in [3.05, 3.63) is 34.3 Å². The largest absolute Gasteiger partial charge is 0.352 e. The van der Waals surface area contributed by atoms with Crippen molar-refractivity contribution in [2.75, 3.05) is 11.5 Å². The van der Waals surface area contributed by atoms with E-state index in [1.807, 2.05) is 38.1 Å². The summed E-state index contributed by atoms with van der Waals surface area (Å²) in [6.07, 6.45) is 0.504. The Balaban J connectivity index is 2.09. The number of sulfone groups is 1. The molecule has 0 spiro atoms. The fourth-order valence-electron chi connectivity index (χ4n) is 2.27. The Labute approximate surface area is 128 Å². The van der Waals surface area contributed by atoms with Gasteiger partial charge in [-0.1, -0.05) is 28.1 Å². The molecule has 1 aliphatic heterocycles.